The summed E-state index contributed by atoms with van der Waals surface area (Å²) in [5.41, 5.74) is 0.284. The molecule has 0 fully saturated rings. The maximum Gasteiger partial charge on any atom is 0.407 e. The zero-order chi connectivity index (χ0) is 27.8. The van der Waals surface area contributed by atoms with Gasteiger partial charge in [0.2, 0.25) is 0 Å². The SMILES string of the molecule is CCOc1ccc(NC(=O)N(CCCCNC(=O)OC(C)(C)C)c2nc(C)c(S(=O)(=O)N(C)C)s2)cc1. The zero-order valence-electron chi connectivity index (χ0n) is 22.5. The average Bonchev–Trinajstić information content (AvgIpc) is 3.18. The van der Waals surface area contributed by atoms with Crippen LogP contribution in [0.15, 0.2) is 28.5 Å². The van der Waals surface area contributed by atoms with Gasteiger partial charge in [0.15, 0.2) is 9.34 Å². The Labute approximate surface area is 223 Å². The summed E-state index contributed by atoms with van der Waals surface area (Å²) in [5, 5.41) is 5.79. The number of hydrogen-bond acceptors (Lipinski definition) is 8. The number of aromatic nitrogens is 1. The molecule has 1 aromatic carbocycles. The predicted octanol–water partition coefficient (Wildman–Crippen LogP) is 4.44. The minimum absolute atomic E-state index is 0.0814. The first kappa shape index (κ1) is 30.3. The highest BCUT2D eigenvalue weighted by molar-refractivity contribution is 7.91. The molecular weight excluding hydrogens is 518 g/mol. The van der Waals surface area contributed by atoms with Gasteiger partial charge in [-0.1, -0.05) is 11.3 Å². The molecule has 3 amide bonds. The van der Waals surface area contributed by atoms with Gasteiger partial charge in [0.25, 0.3) is 10.0 Å². The number of thiazole rings is 1. The number of urea groups is 1. The van der Waals surface area contributed by atoms with E-state index in [1.165, 1.54) is 19.0 Å². The fraction of sp³-hybridized carbons (Fsp3) is 0.542. The Morgan fingerprint density at radius 2 is 1.76 bits per heavy atom. The number of aryl methyl sites for hydroxylation is 1. The number of amides is 3. The molecule has 2 N–H and O–H groups in total. The van der Waals surface area contributed by atoms with Gasteiger partial charge in [-0.2, -0.15) is 0 Å². The Morgan fingerprint density at radius 1 is 1.11 bits per heavy atom. The van der Waals surface area contributed by atoms with Crippen LogP contribution in [0.1, 0.15) is 46.2 Å². The molecule has 0 aliphatic heterocycles. The third-order valence-corrected chi connectivity index (χ3v) is 8.41. The van der Waals surface area contributed by atoms with Gasteiger partial charge in [-0.15, -0.1) is 0 Å². The van der Waals surface area contributed by atoms with Crippen LogP contribution in [0, 0.1) is 6.92 Å². The number of ether oxygens (including phenoxy) is 2. The van der Waals surface area contributed by atoms with Crippen LogP contribution in [0.5, 0.6) is 5.75 Å². The van der Waals surface area contributed by atoms with Crippen LogP contribution in [0.2, 0.25) is 0 Å². The van der Waals surface area contributed by atoms with Crippen molar-refractivity contribution in [1.29, 1.82) is 0 Å². The molecular formula is C24H37N5O6S2. The summed E-state index contributed by atoms with van der Waals surface area (Å²) in [6, 6.07) is 6.50. The molecule has 0 saturated heterocycles. The molecule has 0 saturated carbocycles. The van der Waals surface area contributed by atoms with E-state index in [4.69, 9.17) is 9.47 Å². The summed E-state index contributed by atoms with van der Waals surface area (Å²) in [4.78, 5) is 30.9. The van der Waals surface area contributed by atoms with Crippen LogP contribution in [-0.4, -0.2) is 69.2 Å². The summed E-state index contributed by atoms with van der Waals surface area (Å²) in [6.07, 6.45) is 0.590. The number of anilines is 2. The highest BCUT2D eigenvalue weighted by Crippen LogP contribution is 2.32. The van der Waals surface area contributed by atoms with Gasteiger partial charge in [0.05, 0.1) is 12.3 Å². The lowest BCUT2D eigenvalue weighted by Crippen LogP contribution is -2.36. The lowest BCUT2D eigenvalue weighted by atomic mass is 10.2. The Kier molecular flexibility index (Phi) is 10.7. The Balaban J connectivity index is 2.16. The first-order valence-electron chi connectivity index (χ1n) is 11.9. The second kappa shape index (κ2) is 13.1. The number of nitrogens with one attached hydrogen (secondary N) is 2. The monoisotopic (exact) mass is 555 g/mol. The third-order valence-electron chi connectivity index (χ3n) is 4.83. The van der Waals surface area contributed by atoms with Gasteiger partial charge in [0.1, 0.15) is 11.4 Å². The van der Waals surface area contributed by atoms with Gasteiger partial charge >= 0.3 is 12.1 Å². The smallest absolute Gasteiger partial charge is 0.407 e. The number of carbonyl (C=O) groups excluding carboxylic acids is 2. The Hall–Kier alpha value is -2.90. The van der Waals surface area contributed by atoms with E-state index in [0.717, 1.165) is 15.6 Å². The summed E-state index contributed by atoms with van der Waals surface area (Å²) < 4.78 is 37.3. The quantitative estimate of drug-likeness (QED) is 0.392. The average molecular weight is 556 g/mol. The van der Waals surface area contributed by atoms with Crippen molar-refractivity contribution in [3.05, 3.63) is 30.0 Å². The summed E-state index contributed by atoms with van der Waals surface area (Å²) >= 11 is 0.940. The highest BCUT2D eigenvalue weighted by Gasteiger charge is 2.28. The second-order valence-electron chi connectivity index (χ2n) is 9.33. The van der Waals surface area contributed by atoms with Gasteiger partial charge in [-0.25, -0.2) is 27.3 Å². The van der Waals surface area contributed by atoms with E-state index < -0.39 is 27.7 Å². The van der Waals surface area contributed by atoms with Crippen molar-refractivity contribution < 1.29 is 27.5 Å². The molecule has 0 aliphatic rings. The first-order valence-corrected chi connectivity index (χ1v) is 14.2. The molecule has 13 heteroatoms. The van der Waals surface area contributed by atoms with Crippen LogP contribution < -0.4 is 20.3 Å². The maximum atomic E-state index is 13.3. The van der Waals surface area contributed by atoms with E-state index in [1.54, 1.807) is 52.0 Å². The van der Waals surface area contributed by atoms with Crippen molar-refractivity contribution in [2.75, 3.05) is 44.0 Å². The first-order chi connectivity index (χ1) is 17.2. The number of nitrogens with zero attached hydrogens (tertiary/aromatic N) is 3. The molecule has 0 aliphatic carbocycles. The number of rotatable bonds is 11. The van der Waals surface area contributed by atoms with Crippen LogP contribution in [0.4, 0.5) is 20.4 Å². The molecule has 37 heavy (non-hydrogen) atoms. The van der Waals surface area contributed by atoms with Gasteiger partial charge in [-0.05, 0) is 71.7 Å². The van der Waals surface area contributed by atoms with Gasteiger partial charge in [-0.3, -0.25) is 4.90 Å². The molecule has 0 radical (unpaired) electrons. The largest absolute Gasteiger partial charge is 0.494 e. The van der Waals surface area contributed by atoms with Crippen LogP contribution in [0.25, 0.3) is 0 Å². The van der Waals surface area contributed by atoms with Gasteiger partial charge in [0, 0.05) is 32.9 Å². The number of unbranched alkanes of at least 4 members (excludes halogenated alkanes) is 1. The van der Waals surface area contributed by atoms with E-state index in [1.807, 2.05) is 6.92 Å². The molecule has 0 bridgehead atoms. The molecule has 2 aromatic rings. The Morgan fingerprint density at radius 3 is 2.32 bits per heavy atom. The minimum atomic E-state index is -3.71. The maximum absolute atomic E-state index is 13.3. The van der Waals surface area contributed by atoms with E-state index >= 15 is 0 Å². The molecule has 1 heterocycles. The number of alkyl carbamates (subject to hydrolysis) is 1. The lowest BCUT2D eigenvalue weighted by Gasteiger charge is -2.21. The number of carbonyl (C=O) groups is 2. The highest BCUT2D eigenvalue weighted by atomic mass is 32.2. The normalized spacial score (nSPS) is 11.8. The molecule has 0 atom stereocenters. The summed E-state index contributed by atoms with van der Waals surface area (Å²) in [6.45, 7) is 10.00. The molecule has 0 spiro atoms. The number of benzene rings is 1. The molecule has 2 rings (SSSR count). The molecule has 11 nitrogen and oxygen atoms in total. The molecule has 0 unspecified atom stereocenters. The third kappa shape index (κ3) is 9.17. The van der Waals surface area contributed by atoms with E-state index in [2.05, 4.69) is 15.6 Å². The standard InChI is InChI=1S/C24H37N5O6S2/c1-8-34-19-13-11-18(12-14-19)27-21(30)29(16-10-9-15-25-23(31)35-24(3,4)5)22-26-17(2)20(36-22)37(32,33)28(6)7/h11-14H,8-10,15-16H2,1-7H3,(H,25,31)(H,27,30). The molecule has 1 aromatic heterocycles. The van der Waals surface area contributed by atoms with Crippen molar-refractivity contribution in [1.82, 2.24) is 14.6 Å². The van der Waals surface area contributed by atoms with E-state index in [0.29, 0.717) is 43.1 Å². The van der Waals surface area contributed by atoms with Crippen molar-refractivity contribution in [3.63, 3.8) is 0 Å². The zero-order valence-corrected chi connectivity index (χ0v) is 24.1. The van der Waals surface area contributed by atoms with Crippen LogP contribution in [-0.2, 0) is 14.8 Å². The van der Waals surface area contributed by atoms with E-state index in [9.17, 15) is 18.0 Å². The van der Waals surface area contributed by atoms with Crippen LogP contribution in [0.3, 0.4) is 0 Å². The topological polar surface area (TPSA) is 130 Å². The minimum Gasteiger partial charge on any atom is -0.494 e. The van der Waals surface area contributed by atoms with Crippen LogP contribution >= 0.6 is 11.3 Å². The molecule has 206 valence electrons. The Bertz CT molecular complexity index is 1160. The van der Waals surface area contributed by atoms with Crippen molar-refractivity contribution >= 4 is 44.3 Å². The summed E-state index contributed by atoms with van der Waals surface area (Å²) in [5.74, 6) is 0.684. The fourth-order valence-electron chi connectivity index (χ4n) is 3.06. The van der Waals surface area contributed by atoms with E-state index in [-0.39, 0.29) is 15.9 Å². The number of sulfonamides is 1. The van der Waals surface area contributed by atoms with Crippen molar-refractivity contribution in [3.8, 4) is 5.75 Å². The number of hydrogen-bond donors (Lipinski definition) is 2. The second-order valence-corrected chi connectivity index (χ2v) is 12.7. The predicted molar refractivity (Wildman–Crippen MR) is 145 cm³/mol. The van der Waals surface area contributed by atoms with Gasteiger partial charge < -0.3 is 20.1 Å². The lowest BCUT2D eigenvalue weighted by molar-refractivity contribution is 0.0527. The van der Waals surface area contributed by atoms with Crippen molar-refractivity contribution in [2.24, 2.45) is 0 Å². The fourth-order valence-corrected chi connectivity index (χ4v) is 5.73. The van der Waals surface area contributed by atoms with Crippen molar-refractivity contribution in [2.45, 2.75) is 57.3 Å². The summed E-state index contributed by atoms with van der Waals surface area (Å²) in [7, 11) is -0.820.